The van der Waals surface area contributed by atoms with Crippen LogP contribution in [0.15, 0.2) is 48.5 Å². The van der Waals surface area contributed by atoms with E-state index in [1.807, 2.05) is 55.5 Å². The van der Waals surface area contributed by atoms with Crippen LogP contribution in [0.25, 0.3) is 0 Å². The zero-order valence-electron chi connectivity index (χ0n) is 19.0. The molecule has 1 aliphatic rings. The third-order valence-electron chi connectivity index (χ3n) is 6.10. The summed E-state index contributed by atoms with van der Waals surface area (Å²) in [5, 5.41) is 3.23. The van der Waals surface area contributed by atoms with E-state index >= 15 is 0 Å². The number of ether oxygens (including phenoxy) is 1. The number of aryl methyl sites for hydroxylation is 1. The predicted octanol–water partition coefficient (Wildman–Crippen LogP) is 5.15. The van der Waals surface area contributed by atoms with Crippen molar-refractivity contribution >= 4 is 23.4 Å². The molecule has 2 aromatic carbocycles. The van der Waals surface area contributed by atoms with Crippen LogP contribution in [-0.2, 0) is 16.1 Å². The third-order valence-corrected chi connectivity index (χ3v) is 6.33. The molecule has 1 atom stereocenters. The van der Waals surface area contributed by atoms with Crippen LogP contribution in [0.2, 0.25) is 0 Å². The lowest BCUT2D eigenvalue weighted by atomic mass is 10.0. The monoisotopic (exact) mass is 456 g/mol. The molecular formula is C26H33ClN2O3. The average molecular weight is 457 g/mol. The number of halogens is 1. The van der Waals surface area contributed by atoms with E-state index in [-0.39, 0.29) is 23.7 Å². The van der Waals surface area contributed by atoms with Crippen LogP contribution in [0, 0.1) is 6.92 Å². The summed E-state index contributed by atoms with van der Waals surface area (Å²) in [5.74, 6) is 0.0806. The lowest BCUT2D eigenvalue weighted by Gasteiger charge is -2.32. The molecule has 2 amide bonds. The van der Waals surface area contributed by atoms with Crippen molar-refractivity contribution in [2.24, 2.45) is 0 Å². The summed E-state index contributed by atoms with van der Waals surface area (Å²) in [6, 6.07) is 14.7. The number of alkyl halides is 1. The summed E-state index contributed by atoms with van der Waals surface area (Å²) in [4.78, 5) is 28.2. The standard InChI is InChI=1S/C26H33ClN2O3/c1-19-9-11-20(12-10-19)18-29(24(30)17-27)25(21-13-15-23(32-2)16-14-21)26(31)28-22-7-5-3-4-6-8-22/h9-16,22,25H,3-8,17-18H2,1-2H3,(H,28,31)/t25-/m0/s1. The number of carbonyl (C=O) groups is 2. The first-order valence-corrected chi connectivity index (χ1v) is 11.9. The third kappa shape index (κ3) is 6.49. The minimum absolute atomic E-state index is 0.137. The number of hydrogen-bond donors (Lipinski definition) is 1. The van der Waals surface area contributed by atoms with Gasteiger partial charge in [0.25, 0.3) is 0 Å². The van der Waals surface area contributed by atoms with Crippen LogP contribution >= 0.6 is 11.6 Å². The zero-order chi connectivity index (χ0) is 22.9. The Morgan fingerprint density at radius 3 is 2.22 bits per heavy atom. The molecular weight excluding hydrogens is 424 g/mol. The van der Waals surface area contributed by atoms with Gasteiger partial charge in [-0.15, -0.1) is 11.6 Å². The molecule has 1 N–H and O–H groups in total. The molecule has 0 saturated heterocycles. The van der Waals surface area contributed by atoms with Gasteiger partial charge >= 0.3 is 0 Å². The van der Waals surface area contributed by atoms with Crippen molar-refractivity contribution in [3.05, 3.63) is 65.2 Å². The van der Waals surface area contributed by atoms with Crippen molar-refractivity contribution in [3.63, 3.8) is 0 Å². The van der Waals surface area contributed by atoms with E-state index in [1.54, 1.807) is 12.0 Å². The van der Waals surface area contributed by atoms with Crippen molar-refractivity contribution in [1.82, 2.24) is 10.2 Å². The van der Waals surface area contributed by atoms with Crippen LogP contribution in [-0.4, -0.2) is 35.7 Å². The SMILES string of the molecule is COc1ccc([C@@H](C(=O)NC2CCCCCC2)N(Cc2ccc(C)cc2)C(=O)CCl)cc1. The van der Waals surface area contributed by atoms with Gasteiger partial charge in [0.1, 0.15) is 17.7 Å². The largest absolute Gasteiger partial charge is 0.497 e. The van der Waals surface area contributed by atoms with Gasteiger partial charge in [-0.05, 0) is 43.0 Å². The van der Waals surface area contributed by atoms with Crippen LogP contribution in [0.1, 0.15) is 61.3 Å². The Morgan fingerprint density at radius 2 is 1.66 bits per heavy atom. The molecule has 0 aromatic heterocycles. The summed E-state index contributed by atoms with van der Waals surface area (Å²) in [5.41, 5.74) is 2.83. The molecule has 0 spiro atoms. The van der Waals surface area contributed by atoms with Crippen molar-refractivity contribution in [1.29, 1.82) is 0 Å². The fraction of sp³-hybridized carbons (Fsp3) is 0.462. The highest BCUT2D eigenvalue weighted by molar-refractivity contribution is 6.27. The molecule has 6 heteroatoms. The number of methoxy groups -OCH3 is 1. The molecule has 1 aliphatic carbocycles. The Balaban J connectivity index is 1.93. The van der Waals surface area contributed by atoms with Crippen LogP contribution in [0.3, 0.4) is 0 Å². The molecule has 0 heterocycles. The second-order valence-corrected chi connectivity index (χ2v) is 8.78. The minimum atomic E-state index is -0.767. The molecule has 0 radical (unpaired) electrons. The van der Waals surface area contributed by atoms with Gasteiger partial charge < -0.3 is 15.0 Å². The maximum atomic E-state index is 13.6. The first-order chi connectivity index (χ1) is 15.5. The maximum Gasteiger partial charge on any atom is 0.247 e. The van der Waals surface area contributed by atoms with Crippen LogP contribution in [0.4, 0.5) is 0 Å². The molecule has 1 saturated carbocycles. The Bertz CT molecular complexity index is 875. The van der Waals surface area contributed by atoms with Gasteiger partial charge in [-0.3, -0.25) is 9.59 Å². The number of rotatable bonds is 8. The fourth-order valence-electron chi connectivity index (χ4n) is 4.25. The molecule has 32 heavy (non-hydrogen) atoms. The molecule has 1 fully saturated rings. The lowest BCUT2D eigenvalue weighted by Crippen LogP contribution is -2.46. The first-order valence-electron chi connectivity index (χ1n) is 11.4. The average Bonchev–Trinajstić information content (AvgIpc) is 3.08. The number of nitrogens with zero attached hydrogens (tertiary/aromatic N) is 1. The maximum absolute atomic E-state index is 13.6. The lowest BCUT2D eigenvalue weighted by molar-refractivity contribution is -0.140. The number of nitrogens with one attached hydrogen (secondary N) is 1. The van der Waals surface area contributed by atoms with E-state index in [2.05, 4.69) is 5.32 Å². The normalized spacial score (nSPS) is 15.5. The van der Waals surface area contributed by atoms with Gasteiger partial charge in [-0.1, -0.05) is 67.6 Å². The van der Waals surface area contributed by atoms with E-state index in [4.69, 9.17) is 16.3 Å². The van der Waals surface area contributed by atoms with Crippen LogP contribution in [0.5, 0.6) is 5.75 Å². The Labute approximate surface area is 196 Å². The summed E-state index contributed by atoms with van der Waals surface area (Å²) in [6.07, 6.45) is 6.60. The summed E-state index contributed by atoms with van der Waals surface area (Å²) in [6.45, 7) is 2.33. The Morgan fingerprint density at radius 1 is 1.03 bits per heavy atom. The Kier molecular flexibility index (Phi) is 8.98. The van der Waals surface area contributed by atoms with E-state index in [9.17, 15) is 9.59 Å². The van der Waals surface area contributed by atoms with Gasteiger partial charge in [0.15, 0.2) is 0 Å². The minimum Gasteiger partial charge on any atom is -0.497 e. The molecule has 2 aromatic rings. The van der Waals surface area contributed by atoms with E-state index in [1.165, 1.54) is 12.8 Å². The van der Waals surface area contributed by atoms with Gasteiger partial charge in [-0.2, -0.15) is 0 Å². The van der Waals surface area contributed by atoms with Crippen LogP contribution < -0.4 is 10.1 Å². The van der Waals surface area contributed by atoms with Crippen molar-refractivity contribution < 1.29 is 14.3 Å². The smallest absolute Gasteiger partial charge is 0.247 e. The highest BCUT2D eigenvalue weighted by atomic mass is 35.5. The Hall–Kier alpha value is -2.53. The predicted molar refractivity (Wildman–Crippen MR) is 128 cm³/mol. The van der Waals surface area contributed by atoms with Gasteiger partial charge in [0.05, 0.1) is 7.11 Å². The second kappa shape index (κ2) is 11.9. The molecule has 0 unspecified atom stereocenters. The van der Waals surface area contributed by atoms with Gasteiger partial charge in [-0.25, -0.2) is 0 Å². The second-order valence-electron chi connectivity index (χ2n) is 8.51. The van der Waals surface area contributed by atoms with E-state index in [0.717, 1.165) is 42.4 Å². The number of hydrogen-bond acceptors (Lipinski definition) is 3. The van der Waals surface area contributed by atoms with E-state index in [0.29, 0.717) is 12.3 Å². The number of amides is 2. The summed E-state index contributed by atoms with van der Waals surface area (Å²) >= 11 is 5.99. The summed E-state index contributed by atoms with van der Waals surface area (Å²) in [7, 11) is 1.60. The van der Waals surface area contributed by atoms with Gasteiger partial charge in [0.2, 0.25) is 11.8 Å². The molecule has 3 rings (SSSR count). The van der Waals surface area contributed by atoms with E-state index < -0.39 is 6.04 Å². The molecule has 0 aliphatic heterocycles. The van der Waals surface area contributed by atoms with Crippen molar-refractivity contribution in [2.75, 3.05) is 13.0 Å². The fourth-order valence-corrected chi connectivity index (χ4v) is 4.41. The highest BCUT2D eigenvalue weighted by Crippen LogP contribution is 2.27. The molecule has 172 valence electrons. The van der Waals surface area contributed by atoms with Crippen molar-refractivity contribution in [2.45, 2.75) is 64.1 Å². The quantitative estimate of drug-likeness (QED) is 0.441. The zero-order valence-corrected chi connectivity index (χ0v) is 19.7. The van der Waals surface area contributed by atoms with Crippen molar-refractivity contribution in [3.8, 4) is 5.75 Å². The van der Waals surface area contributed by atoms with Gasteiger partial charge in [0, 0.05) is 12.6 Å². The number of benzene rings is 2. The summed E-state index contributed by atoms with van der Waals surface area (Å²) < 4.78 is 5.28. The number of carbonyl (C=O) groups excluding carboxylic acids is 2. The highest BCUT2D eigenvalue weighted by Gasteiger charge is 2.32. The molecule has 0 bridgehead atoms. The first kappa shape index (κ1) is 24.1. The topological polar surface area (TPSA) is 58.6 Å². The molecule has 5 nitrogen and oxygen atoms in total.